The van der Waals surface area contributed by atoms with Gasteiger partial charge >= 0.3 is 0 Å². The molecule has 0 amide bonds. The topological polar surface area (TPSA) is 65.4 Å². The quantitative estimate of drug-likeness (QED) is 0.637. The van der Waals surface area contributed by atoms with Crippen molar-refractivity contribution in [1.82, 2.24) is 9.80 Å². The molecule has 1 fully saturated rings. The molecule has 1 saturated heterocycles. The standard InChI is InChI=1S/C23H32N2O4/c1-28-22-6-2-5-20(14-22)17-25-10-9-24(18-21(25)8-11-26)16-19-4-3-7-23(15-19)29-13-12-27/h2-7,14-15,21,26-27H,8-13,16-18H2,1H3. The molecule has 1 heterocycles. The second kappa shape index (κ2) is 11.2. The zero-order valence-corrected chi connectivity index (χ0v) is 17.2. The summed E-state index contributed by atoms with van der Waals surface area (Å²) >= 11 is 0. The van der Waals surface area contributed by atoms with Crippen molar-refractivity contribution in [1.29, 1.82) is 0 Å². The second-order valence-electron chi connectivity index (χ2n) is 7.44. The average molecular weight is 401 g/mol. The Morgan fingerprint density at radius 2 is 1.66 bits per heavy atom. The Kier molecular flexibility index (Phi) is 8.31. The Bertz CT molecular complexity index is 755. The van der Waals surface area contributed by atoms with Gasteiger partial charge in [0.1, 0.15) is 18.1 Å². The molecule has 158 valence electrons. The number of hydrogen-bond acceptors (Lipinski definition) is 6. The summed E-state index contributed by atoms with van der Waals surface area (Å²) in [6, 6.07) is 16.6. The Morgan fingerprint density at radius 1 is 0.931 bits per heavy atom. The van der Waals surface area contributed by atoms with E-state index in [-0.39, 0.29) is 13.2 Å². The van der Waals surface area contributed by atoms with Crippen molar-refractivity contribution >= 4 is 0 Å². The molecule has 0 aromatic heterocycles. The van der Waals surface area contributed by atoms with Gasteiger partial charge < -0.3 is 19.7 Å². The van der Waals surface area contributed by atoms with Gasteiger partial charge in [0, 0.05) is 45.4 Å². The Balaban J connectivity index is 1.60. The van der Waals surface area contributed by atoms with Crippen molar-refractivity contribution in [2.24, 2.45) is 0 Å². The van der Waals surface area contributed by atoms with Gasteiger partial charge in [-0.3, -0.25) is 9.80 Å². The van der Waals surface area contributed by atoms with Crippen LogP contribution >= 0.6 is 0 Å². The van der Waals surface area contributed by atoms with Gasteiger partial charge in [-0.2, -0.15) is 0 Å². The summed E-state index contributed by atoms with van der Waals surface area (Å²) in [6.07, 6.45) is 0.764. The number of piperazine rings is 1. The molecule has 1 aliphatic heterocycles. The van der Waals surface area contributed by atoms with E-state index < -0.39 is 0 Å². The second-order valence-corrected chi connectivity index (χ2v) is 7.44. The van der Waals surface area contributed by atoms with Gasteiger partial charge in [0.15, 0.2) is 0 Å². The van der Waals surface area contributed by atoms with Crippen molar-refractivity contribution in [2.75, 3.05) is 46.6 Å². The van der Waals surface area contributed by atoms with Crippen LogP contribution in [0.4, 0.5) is 0 Å². The third kappa shape index (κ3) is 6.44. The number of rotatable bonds is 10. The van der Waals surface area contributed by atoms with Gasteiger partial charge in [-0.25, -0.2) is 0 Å². The van der Waals surface area contributed by atoms with E-state index in [0.717, 1.165) is 50.6 Å². The summed E-state index contributed by atoms with van der Waals surface area (Å²) in [6.45, 7) is 5.10. The van der Waals surface area contributed by atoms with Crippen LogP contribution in [-0.2, 0) is 13.1 Å². The summed E-state index contributed by atoms with van der Waals surface area (Å²) in [4.78, 5) is 4.90. The minimum atomic E-state index is 0.0162. The molecular weight excluding hydrogens is 368 g/mol. The first-order valence-electron chi connectivity index (χ1n) is 10.2. The fourth-order valence-corrected chi connectivity index (χ4v) is 3.89. The first kappa shape index (κ1) is 21.6. The van der Waals surface area contributed by atoms with E-state index in [1.165, 1.54) is 11.1 Å². The maximum atomic E-state index is 9.58. The van der Waals surface area contributed by atoms with E-state index >= 15 is 0 Å². The highest BCUT2D eigenvalue weighted by atomic mass is 16.5. The van der Waals surface area contributed by atoms with E-state index in [0.29, 0.717) is 12.6 Å². The minimum absolute atomic E-state index is 0.0162. The van der Waals surface area contributed by atoms with E-state index in [1.54, 1.807) is 7.11 Å². The number of aliphatic hydroxyl groups is 2. The zero-order chi connectivity index (χ0) is 20.5. The van der Waals surface area contributed by atoms with Crippen LogP contribution in [0, 0.1) is 0 Å². The molecule has 0 radical (unpaired) electrons. The molecular formula is C23H32N2O4. The lowest BCUT2D eigenvalue weighted by Gasteiger charge is -2.41. The highest BCUT2D eigenvalue weighted by Gasteiger charge is 2.26. The Hall–Kier alpha value is -2.12. The van der Waals surface area contributed by atoms with Gasteiger partial charge in [0.05, 0.1) is 13.7 Å². The molecule has 3 rings (SSSR count). The Labute approximate surface area is 173 Å². The lowest BCUT2D eigenvalue weighted by molar-refractivity contribution is 0.0499. The van der Waals surface area contributed by atoms with Crippen LogP contribution in [0.1, 0.15) is 17.5 Å². The fraction of sp³-hybridized carbons (Fsp3) is 0.478. The van der Waals surface area contributed by atoms with Crippen LogP contribution in [0.25, 0.3) is 0 Å². The largest absolute Gasteiger partial charge is 0.497 e. The van der Waals surface area contributed by atoms with Gasteiger partial charge in [0.25, 0.3) is 0 Å². The van der Waals surface area contributed by atoms with E-state index in [4.69, 9.17) is 14.6 Å². The number of nitrogens with zero attached hydrogens (tertiary/aromatic N) is 2. The molecule has 29 heavy (non-hydrogen) atoms. The van der Waals surface area contributed by atoms with Crippen molar-refractivity contribution in [2.45, 2.75) is 25.6 Å². The maximum Gasteiger partial charge on any atom is 0.119 e. The molecule has 6 nitrogen and oxygen atoms in total. The highest BCUT2D eigenvalue weighted by molar-refractivity contribution is 5.29. The van der Waals surface area contributed by atoms with Crippen molar-refractivity contribution in [3.8, 4) is 11.5 Å². The Morgan fingerprint density at radius 3 is 2.38 bits per heavy atom. The summed E-state index contributed by atoms with van der Waals surface area (Å²) < 4.78 is 10.9. The summed E-state index contributed by atoms with van der Waals surface area (Å²) in [5.41, 5.74) is 2.43. The minimum Gasteiger partial charge on any atom is -0.497 e. The van der Waals surface area contributed by atoms with Gasteiger partial charge in [0.2, 0.25) is 0 Å². The number of aliphatic hydroxyl groups excluding tert-OH is 2. The normalized spacial score (nSPS) is 18.0. The van der Waals surface area contributed by atoms with Gasteiger partial charge in [-0.1, -0.05) is 24.3 Å². The van der Waals surface area contributed by atoms with Crippen molar-refractivity contribution in [3.63, 3.8) is 0 Å². The van der Waals surface area contributed by atoms with Crippen LogP contribution in [0.15, 0.2) is 48.5 Å². The number of benzene rings is 2. The molecule has 2 aromatic carbocycles. The third-order valence-electron chi connectivity index (χ3n) is 5.34. The molecule has 0 saturated carbocycles. The van der Waals surface area contributed by atoms with Crippen LogP contribution in [0.2, 0.25) is 0 Å². The SMILES string of the molecule is COc1cccc(CN2CCN(Cc3cccc(OCCO)c3)CC2CCO)c1. The predicted molar refractivity (Wildman–Crippen MR) is 113 cm³/mol. The van der Waals surface area contributed by atoms with Crippen LogP contribution in [0.5, 0.6) is 11.5 Å². The molecule has 1 aliphatic rings. The fourth-order valence-electron chi connectivity index (χ4n) is 3.89. The summed E-state index contributed by atoms with van der Waals surface area (Å²) in [5, 5.41) is 18.5. The highest BCUT2D eigenvalue weighted by Crippen LogP contribution is 2.21. The number of ether oxygens (including phenoxy) is 2. The number of hydrogen-bond donors (Lipinski definition) is 2. The first-order valence-corrected chi connectivity index (χ1v) is 10.2. The average Bonchev–Trinajstić information content (AvgIpc) is 2.75. The molecule has 2 aromatic rings. The van der Waals surface area contributed by atoms with Crippen molar-refractivity contribution in [3.05, 3.63) is 59.7 Å². The van der Waals surface area contributed by atoms with E-state index in [9.17, 15) is 5.11 Å². The molecule has 1 unspecified atom stereocenters. The molecule has 1 atom stereocenters. The molecule has 0 bridgehead atoms. The lowest BCUT2D eigenvalue weighted by Crippen LogP contribution is -2.52. The van der Waals surface area contributed by atoms with E-state index in [2.05, 4.69) is 28.0 Å². The van der Waals surface area contributed by atoms with Crippen LogP contribution in [0.3, 0.4) is 0 Å². The molecule has 6 heteroatoms. The predicted octanol–water partition coefficient (Wildman–Crippen LogP) is 2.14. The molecule has 2 N–H and O–H groups in total. The lowest BCUT2D eigenvalue weighted by atomic mass is 10.1. The van der Waals surface area contributed by atoms with Crippen molar-refractivity contribution < 1.29 is 19.7 Å². The smallest absolute Gasteiger partial charge is 0.119 e. The first-order chi connectivity index (χ1) is 14.2. The van der Waals surface area contributed by atoms with E-state index in [1.807, 2.05) is 30.3 Å². The van der Waals surface area contributed by atoms with Crippen LogP contribution in [-0.4, -0.2) is 72.6 Å². The molecule has 0 spiro atoms. The van der Waals surface area contributed by atoms with Gasteiger partial charge in [-0.05, 0) is 41.8 Å². The zero-order valence-electron chi connectivity index (χ0n) is 17.2. The summed E-state index contributed by atoms with van der Waals surface area (Å²) in [5.74, 6) is 1.67. The molecule has 0 aliphatic carbocycles. The van der Waals surface area contributed by atoms with Crippen LogP contribution < -0.4 is 9.47 Å². The van der Waals surface area contributed by atoms with Gasteiger partial charge in [-0.15, -0.1) is 0 Å². The third-order valence-corrected chi connectivity index (χ3v) is 5.34. The summed E-state index contributed by atoms with van der Waals surface area (Å²) in [7, 11) is 1.69. The monoisotopic (exact) mass is 400 g/mol. The maximum absolute atomic E-state index is 9.58. The number of methoxy groups -OCH3 is 1.